The number of primary amides is 1. The smallest absolute Gasteiger partial charge is 0.236 e. The molecule has 0 bridgehead atoms. The summed E-state index contributed by atoms with van der Waals surface area (Å²) in [7, 11) is 2.09. The summed E-state index contributed by atoms with van der Waals surface area (Å²) in [5.74, 6) is 0.271. The van der Waals surface area contributed by atoms with E-state index in [0.29, 0.717) is 19.1 Å². The highest BCUT2D eigenvalue weighted by Crippen LogP contribution is 2.32. The van der Waals surface area contributed by atoms with Crippen LogP contribution in [0.3, 0.4) is 0 Å². The van der Waals surface area contributed by atoms with Crippen LogP contribution >= 0.6 is 0 Å². The van der Waals surface area contributed by atoms with Crippen molar-refractivity contribution in [1.82, 2.24) is 14.7 Å². The van der Waals surface area contributed by atoms with Gasteiger partial charge in [-0.1, -0.05) is 0 Å². The highest BCUT2D eigenvalue weighted by atomic mass is 16.5. The first-order valence-electron chi connectivity index (χ1n) is 9.14. The zero-order valence-corrected chi connectivity index (χ0v) is 14.7. The molecular weight excluding hydrogens is 308 g/mol. The number of likely N-dealkylation sites (N-methyl/N-ethyl adjacent to an activating group) is 1. The summed E-state index contributed by atoms with van der Waals surface area (Å²) in [5.41, 5.74) is 5.50. The first kappa shape index (κ1) is 17.6. The minimum absolute atomic E-state index is 0.0158. The molecule has 0 aromatic carbocycles. The van der Waals surface area contributed by atoms with Crippen LogP contribution < -0.4 is 5.73 Å². The van der Waals surface area contributed by atoms with Crippen LogP contribution in [0, 0.1) is 11.8 Å². The zero-order chi connectivity index (χ0) is 17.1. The fraction of sp³-hybridized carbons (Fsp3) is 0.882. The maximum Gasteiger partial charge on any atom is 0.236 e. The molecule has 3 aliphatic heterocycles. The van der Waals surface area contributed by atoms with Crippen molar-refractivity contribution in [3.63, 3.8) is 0 Å². The van der Waals surface area contributed by atoms with Gasteiger partial charge in [-0.25, -0.2) is 0 Å². The molecular formula is C17H30N4O3. The van der Waals surface area contributed by atoms with E-state index in [2.05, 4.69) is 16.8 Å². The largest absolute Gasteiger partial charge is 0.377 e. The molecule has 0 aromatic rings. The molecule has 7 nitrogen and oxygen atoms in total. The standard InChI is InChI=1S/C17H30N4O3/c1-19-7-9-21(10-8-19)15(22)12-20-5-2-13(3-6-20)16-14(17(18)23)4-11-24-16/h13-14,16H,2-12H2,1H3,(H2,18,23)/t14-,16+/m0/s1. The van der Waals surface area contributed by atoms with Crippen molar-refractivity contribution in [3.8, 4) is 0 Å². The molecule has 0 aliphatic carbocycles. The third kappa shape index (κ3) is 4.07. The van der Waals surface area contributed by atoms with E-state index < -0.39 is 0 Å². The van der Waals surface area contributed by atoms with Gasteiger partial charge in [0.2, 0.25) is 11.8 Å². The van der Waals surface area contributed by atoms with Gasteiger partial charge in [-0.05, 0) is 45.3 Å². The number of nitrogens with two attached hydrogens (primary N) is 1. The van der Waals surface area contributed by atoms with E-state index >= 15 is 0 Å². The predicted octanol–water partition coefficient (Wildman–Crippen LogP) is -0.637. The summed E-state index contributed by atoms with van der Waals surface area (Å²) < 4.78 is 5.79. The quantitative estimate of drug-likeness (QED) is 0.738. The maximum atomic E-state index is 12.4. The number of likely N-dealkylation sites (tertiary alicyclic amines) is 1. The Balaban J connectivity index is 1.43. The molecule has 7 heteroatoms. The number of hydrogen-bond acceptors (Lipinski definition) is 5. The molecule has 24 heavy (non-hydrogen) atoms. The highest BCUT2D eigenvalue weighted by Gasteiger charge is 2.39. The van der Waals surface area contributed by atoms with Gasteiger partial charge in [0, 0.05) is 32.8 Å². The second-order valence-electron chi connectivity index (χ2n) is 7.43. The monoisotopic (exact) mass is 338 g/mol. The summed E-state index contributed by atoms with van der Waals surface area (Å²) in [4.78, 5) is 30.5. The molecule has 0 unspecified atom stereocenters. The Hall–Kier alpha value is -1.18. The molecule has 3 rings (SSSR count). The molecule has 3 fully saturated rings. The van der Waals surface area contributed by atoms with Crippen molar-refractivity contribution < 1.29 is 14.3 Å². The van der Waals surface area contributed by atoms with Gasteiger partial charge in [0.05, 0.1) is 18.6 Å². The SMILES string of the molecule is CN1CCN(C(=O)CN2CCC([C@H]3OCC[C@@H]3C(N)=O)CC2)CC1. The average molecular weight is 338 g/mol. The van der Waals surface area contributed by atoms with Crippen molar-refractivity contribution in [2.75, 3.05) is 59.5 Å². The number of carbonyl (C=O) groups is 2. The van der Waals surface area contributed by atoms with E-state index in [1.807, 2.05) is 4.90 Å². The number of ether oxygens (including phenoxy) is 1. The Morgan fingerprint density at radius 1 is 1.04 bits per heavy atom. The lowest BCUT2D eigenvalue weighted by atomic mass is 9.84. The highest BCUT2D eigenvalue weighted by molar-refractivity contribution is 5.78. The van der Waals surface area contributed by atoms with Crippen LogP contribution in [0.4, 0.5) is 0 Å². The van der Waals surface area contributed by atoms with Gasteiger partial charge >= 0.3 is 0 Å². The van der Waals surface area contributed by atoms with Crippen LogP contribution in [0.5, 0.6) is 0 Å². The number of carbonyl (C=O) groups excluding carboxylic acids is 2. The van der Waals surface area contributed by atoms with Gasteiger partial charge in [-0.15, -0.1) is 0 Å². The molecule has 2 N–H and O–H groups in total. The van der Waals surface area contributed by atoms with Crippen molar-refractivity contribution in [2.45, 2.75) is 25.4 Å². The number of piperidine rings is 1. The predicted molar refractivity (Wildman–Crippen MR) is 90.3 cm³/mol. The number of hydrogen-bond donors (Lipinski definition) is 1. The second kappa shape index (κ2) is 7.80. The van der Waals surface area contributed by atoms with Crippen LogP contribution in [-0.2, 0) is 14.3 Å². The van der Waals surface area contributed by atoms with Crippen LogP contribution in [0.2, 0.25) is 0 Å². The van der Waals surface area contributed by atoms with E-state index in [9.17, 15) is 9.59 Å². The summed E-state index contributed by atoms with van der Waals surface area (Å²) in [5, 5.41) is 0. The van der Waals surface area contributed by atoms with Gasteiger partial charge < -0.3 is 20.3 Å². The van der Waals surface area contributed by atoms with Gasteiger partial charge in [-0.2, -0.15) is 0 Å². The molecule has 2 amide bonds. The van der Waals surface area contributed by atoms with Crippen LogP contribution in [0.15, 0.2) is 0 Å². The minimum Gasteiger partial charge on any atom is -0.377 e. The molecule has 136 valence electrons. The summed E-state index contributed by atoms with van der Waals surface area (Å²) in [6.45, 7) is 6.54. The number of rotatable bonds is 4. The fourth-order valence-corrected chi connectivity index (χ4v) is 4.17. The Kier molecular flexibility index (Phi) is 5.73. The molecule has 0 radical (unpaired) electrons. The van der Waals surface area contributed by atoms with Gasteiger partial charge in [0.25, 0.3) is 0 Å². The average Bonchev–Trinajstić information content (AvgIpc) is 3.06. The maximum absolute atomic E-state index is 12.4. The van der Waals surface area contributed by atoms with E-state index in [4.69, 9.17) is 10.5 Å². The lowest BCUT2D eigenvalue weighted by Gasteiger charge is -2.37. The van der Waals surface area contributed by atoms with Crippen molar-refractivity contribution in [3.05, 3.63) is 0 Å². The summed E-state index contributed by atoms with van der Waals surface area (Å²) in [6.07, 6.45) is 2.69. The molecule has 3 saturated heterocycles. The summed E-state index contributed by atoms with van der Waals surface area (Å²) >= 11 is 0. The molecule has 2 atom stereocenters. The first-order chi connectivity index (χ1) is 11.5. The normalized spacial score (nSPS) is 30.6. The van der Waals surface area contributed by atoms with Crippen LogP contribution in [0.1, 0.15) is 19.3 Å². The number of nitrogens with zero attached hydrogens (tertiary/aromatic N) is 3. The Morgan fingerprint density at radius 3 is 2.33 bits per heavy atom. The molecule has 0 aromatic heterocycles. The molecule has 0 saturated carbocycles. The Morgan fingerprint density at radius 2 is 1.71 bits per heavy atom. The van der Waals surface area contributed by atoms with Gasteiger partial charge in [0.1, 0.15) is 0 Å². The van der Waals surface area contributed by atoms with E-state index in [1.54, 1.807) is 0 Å². The topological polar surface area (TPSA) is 79.1 Å². The first-order valence-corrected chi connectivity index (χ1v) is 9.14. The minimum atomic E-state index is -0.231. The van der Waals surface area contributed by atoms with Gasteiger partial charge in [-0.3, -0.25) is 14.5 Å². The Labute approximate surface area is 144 Å². The lowest BCUT2D eigenvalue weighted by Crippen LogP contribution is -2.51. The van der Waals surface area contributed by atoms with Crippen molar-refractivity contribution in [1.29, 1.82) is 0 Å². The zero-order valence-electron chi connectivity index (χ0n) is 14.7. The molecule has 3 heterocycles. The van der Waals surface area contributed by atoms with Gasteiger partial charge in [0.15, 0.2) is 0 Å². The fourth-order valence-electron chi connectivity index (χ4n) is 4.17. The number of piperazine rings is 1. The van der Waals surface area contributed by atoms with E-state index in [0.717, 1.165) is 58.5 Å². The third-order valence-corrected chi connectivity index (χ3v) is 5.81. The lowest BCUT2D eigenvalue weighted by molar-refractivity contribution is -0.134. The molecule has 0 spiro atoms. The van der Waals surface area contributed by atoms with E-state index in [1.165, 1.54) is 0 Å². The third-order valence-electron chi connectivity index (χ3n) is 5.81. The van der Waals surface area contributed by atoms with Crippen molar-refractivity contribution >= 4 is 11.8 Å². The van der Waals surface area contributed by atoms with E-state index in [-0.39, 0.29) is 23.8 Å². The van der Waals surface area contributed by atoms with Crippen LogP contribution in [0.25, 0.3) is 0 Å². The Bertz CT molecular complexity index is 457. The summed E-state index contributed by atoms with van der Waals surface area (Å²) in [6, 6.07) is 0. The number of amides is 2. The molecule has 3 aliphatic rings. The van der Waals surface area contributed by atoms with Crippen LogP contribution in [-0.4, -0.2) is 92.1 Å². The van der Waals surface area contributed by atoms with Crippen molar-refractivity contribution in [2.24, 2.45) is 17.6 Å². The second-order valence-corrected chi connectivity index (χ2v) is 7.43.